The van der Waals surface area contributed by atoms with Gasteiger partial charge in [-0.25, -0.2) is 0 Å². The molecule has 1 aliphatic heterocycles. The van der Waals surface area contributed by atoms with Crippen LogP contribution in [0.1, 0.15) is 26.3 Å². The second-order valence-corrected chi connectivity index (χ2v) is 5.45. The summed E-state index contributed by atoms with van der Waals surface area (Å²) in [5.41, 5.74) is 1.09. The van der Waals surface area contributed by atoms with Crippen LogP contribution in [0.5, 0.6) is 5.75 Å². The van der Waals surface area contributed by atoms with Gasteiger partial charge in [-0.1, -0.05) is 35.3 Å². The maximum absolute atomic E-state index is 12.2. The second kappa shape index (κ2) is 5.06. The molecule has 106 valence electrons. The summed E-state index contributed by atoms with van der Waals surface area (Å²) < 4.78 is 0. The fraction of sp³-hybridized carbons (Fsp3) is 0.0667. The average Bonchev–Trinajstić information content (AvgIpc) is 2.70. The van der Waals surface area contributed by atoms with Crippen molar-refractivity contribution in [2.75, 3.05) is 0 Å². The molecule has 0 radical (unpaired) electrons. The van der Waals surface area contributed by atoms with Crippen molar-refractivity contribution in [1.82, 2.24) is 4.90 Å². The summed E-state index contributed by atoms with van der Waals surface area (Å²) in [5, 5.41) is 10.3. The van der Waals surface area contributed by atoms with E-state index in [1.54, 1.807) is 24.3 Å². The lowest BCUT2D eigenvalue weighted by molar-refractivity contribution is 0.0641. The van der Waals surface area contributed by atoms with Crippen LogP contribution in [0, 0.1) is 0 Å². The van der Waals surface area contributed by atoms with E-state index in [1.807, 2.05) is 0 Å². The summed E-state index contributed by atoms with van der Waals surface area (Å²) in [6, 6.07) is 9.34. The third kappa shape index (κ3) is 2.26. The third-order valence-electron chi connectivity index (χ3n) is 3.33. The fourth-order valence-electron chi connectivity index (χ4n) is 2.26. The summed E-state index contributed by atoms with van der Waals surface area (Å²) in [4.78, 5) is 25.6. The minimum absolute atomic E-state index is 0.0604. The van der Waals surface area contributed by atoms with E-state index in [1.165, 1.54) is 12.1 Å². The molecule has 0 aliphatic carbocycles. The first-order valence-corrected chi connectivity index (χ1v) is 6.86. The number of imide groups is 1. The standard InChI is InChI=1S/C15H9Cl2NO3/c16-11-5-8(13(19)6-12(11)17)7-18-14(20)9-3-1-2-4-10(9)15(18)21/h1-6,19H,7H2. The Morgan fingerprint density at radius 3 is 2.05 bits per heavy atom. The van der Waals surface area contributed by atoms with Crippen molar-refractivity contribution in [2.45, 2.75) is 6.54 Å². The smallest absolute Gasteiger partial charge is 0.261 e. The van der Waals surface area contributed by atoms with Crippen molar-refractivity contribution in [3.63, 3.8) is 0 Å². The van der Waals surface area contributed by atoms with Crippen LogP contribution >= 0.6 is 23.2 Å². The number of amides is 2. The van der Waals surface area contributed by atoms with Crippen LogP contribution in [-0.2, 0) is 6.54 Å². The Hall–Kier alpha value is -2.04. The molecule has 1 heterocycles. The predicted octanol–water partition coefficient (Wildman–Crippen LogP) is 3.50. The number of hydrogen-bond acceptors (Lipinski definition) is 3. The largest absolute Gasteiger partial charge is 0.508 e. The van der Waals surface area contributed by atoms with E-state index in [2.05, 4.69) is 0 Å². The van der Waals surface area contributed by atoms with E-state index < -0.39 is 0 Å². The number of benzene rings is 2. The lowest BCUT2D eigenvalue weighted by Crippen LogP contribution is -2.29. The van der Waals surface area contributed by atoms with Gasteiger partial charge in [-0.05, 0) is 18.2 Å². The number of nitrogens with zero attached hydrogens (tertiary/aromatic N) is 1. The first-order valence-electron chi connectivity index (χ1n) is 6.11. The molecule has 0 aromatic heterocycles. The highest BCUT2D eigenvalue weighted by Gasteiger charge is 2.35. The molecule has 3 rings (SSSR count). The van der Waals surface area contributed by atoms with Gasteiger partial charge in [-0.2, -0.15) is 0 Å². The van der Waals surface area contributed by atoms with Crippen LogP contribution in [0.4, 0.5) is 0 Å². The molecule has 1 N–H and O–H groups in total. The zero-order valence-corrected chi connectivity index (χ0v) is 12.1. The molecule has 0 saturated heterocycles. The quantitative estimate of drug-likeness (QED) is 0.861. The number of rotatable bonds is 2. The molecule has 2 amide bonds. The zero-order chi connectivity index (χ0) is 15.1. The van der Waals surface area contributed by atoms with Gasteiger partial charge < -0.3 is 5.11 Å². The minimum atomic E-state index is -0.388. The van der Waals surface area contributed by atoms with E-state index in [4.69, 9.17) is 23.2 Å². The SMILES string of the molecule is O=C1c2ccccc2C(=O)N1Cc1cc(Cl)c(Cl)cc1O. The average molecular weight is 322 g/mol. The molecule has 0 atom stereocenters. The number of phenols is 1. The summed E-state index contributed by atoms with van der Waals surface area (Å²) in [6.45, 7) is -0.0604. The van der Waals surface area contributed by atoms with E-state index in [0.717, 1.165) is 4.90 Å². The van der Waals surface area contributed by atoms with Gasteiger partial charge in [0.25, 0.3) is 11.8 Å². The predicted molar refractivity (Wildman–Crippen MR) is 78.8 cm³/mol. The summed E-state index contributed by atoms with van der Waals surface area (Å²) >= 11 is 11.7. The summed E-state index contributed by atoms with van der Waals surface area (Å²) in [6.07, 6.45) is 0. The number of aromatic hydroxyl groups is 1. The number of halogens is 2. The normalized spacial score (nSPS) is 13.7. The summed E-state index contributed by atoms with van der Waals surface area (Å²) in [7, 11) is 0. The number of carbonyl (C=O) groups excluding carboxylic acids is 2. The lowest BCUT2D eigenvalue weighted by Gasteiger charge is -2.15. The molecule has 6 heteroatoms. The van der Waals surface area contributed by atoms with E-state index in [0.29, 0.717) is 16.7 Å². The van der Waals surface area contributed by atoms with Gasteiger partial charge in [0, 0.05) is 11.6 Å². The van der Waals surface area contributed by atoms with Crippen LogP contribution in [0.3, 0.4) is 0 Å². The Kier molecular flexibility index (Phi) is 3.35. The van der Waals surface area contributed by atoms with Gasteiger partial charge in [0.1, 0.15) is 5.75 Å². The van der Waals surface area contributed by atoms with Gasteiger partial charge in [0.2, 0.25) is 0 Å². The molecule has 4 nitrogen and oxygen atoms in total. The Labute approximate surface area is 130 Å². The maximum Gasteiger partial charge on any atom is 0.261 e. The highest BCUT2D eigenvalue weighted by Crippen LogP contribution is 2.32. The highest BCUT2D eigenvalue weighted by atomic mass is 35.5. The molecule has 2 aromatic carbocycles. The lowest BCUT2D eigenvalue weighted by atomic mass is 10.1. The monoisotopic (exact) mass is 321 g/mol. The molecule has 21 heavy (non-hydrogen) atoms. The minimum Gasteiger partial charge on any atom is -0.508 e. The first-order chi connectivity index (χ1) is 9.99. The number of carbonyl (C=O) groups is 2. The van der Waals surface area contributed by atoms with Crippen molar-refractivity contribution >= 4 is 35.0 Å². The zero-order valence-electron chi connectivity index (χ0n) is 10.6. The van der Waals surface area contributed by atoms with Crippen molar-refractivity contribution in [3.05, 3.63) is 63.1 Å². The van der Waals surface area contributed by atoms with E-state index in [-0.39, 0.29) is 34.2 Å². The molecule has 0 fully saturated rings. The maximum atomic E-state index is 12.2. The third-order valence-corrected chi connectivity index (χ3v) is 4.05. The van der Waals surface area contributed by atoms with Gasteiger partial charge in [-0.15, -0.1) is 0 Å². The molecule has 0 saturated carbocycles. The summed E-state index contributed by atoms with van der Waals surface area (Å²) in [5.74, 6) is -0.886. The van der Waals surface area contributed by atoms with Crippen LogP contribution in [0.15, 0.2) is 36.4 Å². The van der Waals surface area contributed by atoms with Crippen LogP contribution in [0.25, 0.3) is 0 Å². The van der Waals surface area contributed by atoms with Gasteiger partial charge in [-0.3, -0.25) is 14.5 Å². The Morgan fingerprint density at radius 2 is 1.48 bits per heavy atom. The van der Waals surface area contributed by atoms with Crippen molar-refractivity contribution in [2.24, 2.45) is 0 Å². The van der Waals surface area contributed by atoms with Gasteiger partial charge in [0.15, 0.2) is 0 Å². The molecule has 0 bridgehead atoms. The Morgan fingerprint density at radius 1 is 0.952 bits per heavy atom. The topological polar surface area (TPSA) is 57.6 Å². The molecular weight excluding hydrogens is 313 g/mol. The molecule has 0 spiro atoms. The van der Waals surface area contributed by atoms with Crippen molar-refractivity contribution in [3.8, 4) is 5.75 Å². The molecule has 1 aliphatic rings. The number of fused-ring (bicyclic) bond motifs is 1. The van der Waals surface area contributed by atoms with Crippen molar-refractivity contribution < 1.29 is 14.7 Å². The molecule has 0 unspecified atom stereocenters. The first kappa shape index (κ1) is 13.9. The molecular formula is C15H9Cl2NO3. The van der Waals surface area contributed by atoms with Crippen molar-refractivity contribution in [1.29, 1.82) is 0 Å². The molecule has 2 aromatic rings. The van der Waals surface area contributed by atoms with Gasteiger partial charge >= 0.3 is 0 Å². The fourth-order valence-corrected chi connectivity index (χ4v) is 2.60. The number of phenolic OH excluding ortho intramolecular Hbond substituents is 1. The second-order valence-electron chi connectivity index (χ2n) is 4.64. The Balaban J connectivity index is 1.96. The van der Waals surface area contributed by atoms with Crippen LogP contribution in [-0.4, -0.2) is 21.8 Å². The number of hydrogen-bond donors (Lipinski definition) is 1. The van der Waals surface area contributed by atoms with E-state index in [9.17, 15) is 14.7 Å². The van der Waals surface area contributed by atoms with Gasteiger partial charge in [0.05, 0.1) is 27.7 Å². The highest BCUT2D eigenvalue weighted by molar-refractivity contribution is 6.42. The van der Waals surface area contributed by atoms with Crippen LogP contribution in [0.2, 0.25) is 10.0 Å². The van der Waals surface area contributed by atoms with Crippen LogP contribution < -0.4 is 0 Å². The Bertz CT molecular complexity index is 739. The van der Waals surface area contributed by atoms with E-state index >= 15 is 0 Å².